The molecule has 9 heteroatoms. The van der Waals surface area contributed by atoms with Gasteiger partial charge in [-0.3, -0.25) is 0 Å². The average Bonchev–Trinajstić information content (AvgIpc) is 2.77. The Hall–Kier alpha value is -3.04. The van der Waals surface area contributed by atoms with E-state index in [1.807, 2.05) is 55.5 Å². The second kappa shape index (κ2) is 9.64. The fourth-order valence-corrected chi connectivity index (χ4v) is 3.51. The van der Waals surface area contributed by atoms with Crippen LogP contribution in [-0.2, 0) is 4.74 Å². The molecule has 154 valence electrons. The number of ether oxygens (including phenoxy) is 1. The molecule has 8 nitrogen and oxygen atoms in total. The number of anilines is 4. The van der Waals surface area contributed by atoms with Crippen molar-refractivity contribution in [2.45, 2.75) is 6.92 Å². The molecule has 1 saturated heterocycles. The Morgan fingerprint density at radius 1 is 1.03 bits per heavy atom. The lowest BCUT2D eigenvalue weighted by Gasteiger charge is -2.27. The van der Waals surface area contributed by atoms with Crippen molar-refractivity contribution < 1.29 is 4.74 Å². The van der Waals surface area contributed by atoms with Crippen LogP contribution >= 0.6 is 15.9 Å². The Morgan fingerprint density at radius 2 is 1.80 bits per heavy atom. The minimum absolute atomic E-state index is 0.365. The van der Waals surface area contributed by atoms with Gasteiger partial charge in [0.2, 0.25) is 17.8 Å². The lowest BCUT2D eigenvalue weighted by Crippen LogP contribution is -2.37. The van der Waals surface area contributed by atoms with Gasteiger partial charge in [0.15, 0.2) is 0 Å². The molecule has 1 aliphatic heterocycles. The highest BCUT2D eigenvalue weighted by Crippen LogP contribution is 2.26. The number of hydrogen-bond acceptors (Lipinski definition) is 8. The molecule has 2 aromatic carbocycles. The van der Waals surface area contributed by atoms with Gasteiger partial charge in [0.05, 0.1) is 25.1 Å². The standard InChI is InChI=1S/C21H22BrN7O/c1-15-7-8-18(17(22)13-15)24-19-25-20(28-23-14-16-5-3-2-4-6-16)27-21(26-19)29-9-11-30-12-10-29/h2-8,13-14H,9-12H2,1H3,(H2,24,25,26,27,28). The number of halogens is 1. The number of aryl methyl sites for hydroxylation is 1. The Morgan fingerprint density at radius 3 is 2.57 bits per heavy atom. The Kier molecular flexibility index (Phi) is 6.50. The van der Waals surface area contributed by atoms with Crippen LogP contribution in [-0.4, -0.2) is 47.5 Å². The average molecular weight is 468 g/mol. The van der Waals surface area contributed by atoms with Gasteiger partial charge in [-0.05, 0) is 46.1 Å². The maximum absolute atomic E-state index is 5.44. The third-order valence-corrected chi connectivity index (χ3v) is 5.12. The number of rotatable bonds is 6. The number of hydrogen-bond donors (Lipinski definition) is 2. The van der Waals surface area contributed by atoms with E-state index in [-0.39, 0.29) is 0 Å². The Balaban J connectivity index is 1.59. The molecule has 0 amide bonds. The minimum Gasteiger partial charge on any atom is -0.378 e. The van der Waals surface area contributed by atoms with Crippen molar-refractivity contribution in [3.05, 3.63) is 64.1 Å². The zero-order chi connectivity index (χ0) is 20.8. The largest absolute Gasteiger partial charge is 0.378 e. The molecule has 30 heavy (non-hydrogen) atoms. The summed E-state index contributed by atoms with van der Waals surface area (Å²) in [5.41, 5.74) is 5.94. The third kappa shape index (κ3) is 5.31. The fourth-order valence-electron chi connectivity index (χ4n) is 2.92. The minimum atomic E-state index is 0.365. The molecule has 3 aromatic rings. The third-order valence-electron chi connectivity index (χ3n) is 4.47. The topological polar surface area (TPSA) is 87.6 Å². The second-order valence-electron chi connectivity index (χ2n) is 6.77. The van der Waals surface area contributed by atoms with Crippen molar-refractivity contribution in [3.63, 3.8) is 0 Å². The first-order chi connectivity index (χ1) is 14.7. The van der Waals surface area contributed by atoms with Gasteiger partial charge >= 0.3 is 0 Å². The van der Waals surface area contributed by atoms with Crippen LogP contribution in [0, 0.1) is 6.92 Å². The van der Waals surface area contributed by atoms with E-state index in [9.17, 15) is 0 Å². The molecule has 2 heterocycles. The van der Waals surface area contributed by atoms with Crippen LogP contribution in [0.25, 0.3) is 0 Å². The van der Waals surface area contributed by atoms with E-state index < -0.39 is 0 Å². The first kappa shape index (κ1) is 20.2. The lowest BCUT2D eigenvalue weighted by molar-refractivity contribution is 0.122. The number of nitrogens with one attached hydrogen (secondary N) is 2. The van der Waals surface area contributed by atoms with Crippen LogP contribution in [0.3, 0.4) is 0 Å². The van der Waals surface area contributed by atoms with Gasteiger partial charge in [-0.15, -0.1) is 0 Å². The molecular formula is C21H22BrN7O. The predicted octanol–water partition coefficient (Wildman–Crippen LogP) is 3.97. The molecule has 0 unspecified atom stereocenters. The number of aromatic nitrogens is 3. The highest BCUT2D eigenvalue weighted by Gasteiger charge is 2.17. The van der Waals surface area contributed by atoms with E-state index in [4.69, 9.17) is 4.74 Å². The quantitative estimate of drug-likeness (QED) is 0.418. The van der Waals surface area contributed by atoms with Gasteiger partial charge < -0.3 is 15.0 Å². The molecule has 1 aromatic heterocycles. The summed E-state index contributed by atoms with van der Waals surface area (Å²) in [6, 6.07) is 15.9. The molecule has 0 bridgehead atoms. The molecule has 4 rings (SSSR count). The van der Waals surface area contributed by atoms with Gasteiger partial charge in [0.1, 0.15) is 0 Å². The van der Waals surface area contributed by atoms with Crippen molar-refractivity contribution in [1.29, 1.82) is 0 Å². The molecule has 0 radical (unpaired) electrons. The van der Waals surface area contributed by atoms with Gasteiger partial charge in [0, 0.05) is 17.6 Å². The summed E-state index contributed by atoms with van der Waals surface area (Å²) in [4.78, 5) is 15.7. The van der Waals surface area contributed by atoms with Crippen LogP contribution in [0.2, 0.25) is 0 Å². The fraction of sp³-hybridized carbons (Fsp3) is 0.238. The monoisotopic (exact) mass is 467 g/mol. The van der Waals surface area contributed by atoms with Gasteiger partial charge in [-0.25, -0.2) is 5.43 Å². The maximum atomic E-state index is 5.44. The molecule has 2 N–H and O–H groups in total. The van der Waals surface area contributed by atoms with Crippen LogP contribution in [0.5, 0.6) is 0 Å². The summed E-state index contributed by atoms with van der Waals surface area (Å²) >= 11 is 3.59. The van der Waals surface area contributed by atoms with Crippen molar-refractivity contribution in [2.75, 3.05) is 41.9 Å². The lowest BCUT2D eigenvalue weighted by atomic mass is 10.2. The van der Waals surface area contributed by atoms with Gasteiger partial charge in [-0.1, -0.05) is 36.4 Å². The molecule has 0 aliphatic carbocycles. The van der Waals surface area contributed by atoms with Gasteiger partial charge in [0.25, 0.3) is 0 Å². The molecule has 1 aliphatic rings. The maximum Gasteiger partial charge on any atom is 0.250 e. The highest BCUT2D eigenvalue weighted by molar-refractivity contribution is 9.10. The summed E-state index contributed by atoms with van der Waals surface area (Å²) in [6.07, 6.45) is 1.72. The second-order valence-corrected chi connectivity index (χ2v) is 7.63. The Bertz CT molecular complexity index is 1020. The van der Waals surface area contributed by atoms with Crippen LogP contribution in [0.4, 0.5) is 23.5 Å². The van der Waals surface area contributed by atoms with E-state index in [1.165, 1.54) is 0 Å². The summed E-state index contributed by atoms with van der Waals surface area (Å²) in [5.74, 6) is 1.38. The molecule has 0 atom stereocenters. The van der Waals surface area contributed by atoms with Gasteiger partial charge in [-0.2, -0.15) is 20.1 Å². The zero-order valence-corrected chi connectivity index (χ0v) is 18.1. The summed E-state index contributed by atoms with van der Waals surface area (Å²) < 4.78 is 6.38. The van der Waals surface area contributed by atoms with Crippen LogP contribution in [0.15, 0.2) is 58.1 Å². The Labute approximate surface area is 183 Å². The van der Waals surface area contributed by atoms with Crippen molar-refractivity contribution in [2.24, 2.45) is 5.10 Å². The van der Waals surface area contributed by atoms with E-state index in [0.717, 1.165) is 34.4 Å². The van der Waals surface area contributed by atoms with Crippen LogP contribution < -0.4 is 15.6 Å². The normalized spacial score (nSPS) is 14.1. The first-order valence-corrected chi connectivity index (χ1v) is 10.4. The van der Waals surface area contributed by atoms with Crippen molar-refractivity contribution >= 4 is 45.7 Å². The first-order valence-electron chi connectivity index (χ1n) is 9.63. The highest BCUT2D eigenvalue weighted by atomic mass is 79.9. The smallest absolute Gasteiger partial charge is 0.250 e. The molecule has 1 fully saturated rings. The summed E-state index contributed by atoms with van der Waals surface area (Å²) in [6.45, 7) is 4.79. The van der Waals surface area contributed by atoms with E-state index in [1.54, 1.807) is 6.21 Å². The summed E-state index contributed by atoms with van der Waals surface area (Å²) in [5, 5.41) is 7.54. The number of benzene rings is 2. The van der Waals surface area contributed by atoms with E-state index >= 15 is 0 Å². The number of nitrogens with zero attached hydrogens (tertiary/aromatic N) is 5. The zero-order valence-electron chi connectivity index (χ0n) is 16.5. The van der Waals surface area contributed by atoms with Crippen LogP contribution in [0.1, 0.15) is 11.1 Å². The molecule has 0 saturated carbocycles. The molecular weight excluding hydrogens is 446 g/mol. The van der Waals surface area contributed by atoms with Crippen molar-refractivity contribution in [1.82, 2.24) is 15.0 Å². The molecule has 0 spiro atoms. The SMILES string of the molecule is Cc1ccc(Nc2nc(NN=Cc3ccccc3)nc(N3CCOCC3)n2)c(Br)c1. The number of morpholine rings is 1. The van der Waals surface area contributed by atoms with E-state index in [0.29, 0.717) is 31.1 Å². The van der Waals surface area contributed by atoms with E-state index in [2.05, 4.69) is 51.6 Å². The van der Waals surface area contributed by atoms with Crippen molar-refractivity contribution in [3.8, 4) is 0 Å². The predicted molar refractivity (Wildman–Crippen MR) is 123 cm³/mol. The number of hydrazone groups is 1. The summed E-state index contributed by atoms with van der Waals surface area (Å²) in [7, 11) is 0.